The van der Waals surface area contributed by atoms with Gasteiger partial charge in [-0.1, -0.05) is 33.0 Å². The number of nitrogens with two attached hydrogens (primary N) is 1. The average Bonchev–Trinajstić information content (AvgIpc) is 2.20. The minimum absolute atomic E-state index is 0.0800. The summed E-state index contributed by atoms with van der Waals surface area (Å²) in [6.45, 7) is 9.10. The molecule has 3 N–H and O–H groups in total. The predicted octanol–water partition coefficient (Wildman–Crippen LogP) is 1.39. The number of aliphatic hydroxyl groups is 1. The maximum atomic E-state index is 9.79. The standard InChI is InChI=1S/C12H24N2OS/c1-9-4-6-14(8-10(9)15)7-5-12(2,3)11(13)16/h9-10,15H,4-8H2,1-3H3,(H2,13,16). The molecule has 1 rings (SSSR count). The van der Waals surface area contributed by atoms with E-state index in [1.807, 2.05) is 0 Å². The molecule has 16 heavy (non-hydrogen) atoms. The van der Waals surface area contributed by atoms with E-state index in [1.165, 1.54) is 0 Å². The molecule has 94 valence electrons. The second-order valence-corrected chi connectivity index (χ2v) is 6.07. The third-order valence-electron chi connectivity index (χ3n) is 3.72. The summed E-state index contributed by atoms with van der Waals surface area (Å²) in [4.78, 5) is 2.89. The van der Waals surface area contributed by atoms with E-state index in [2.05, 4.69) is 25.7 Å². The minimum Gasteiger partial charge on any atom is -0.393 e. The molecule has 0 amide bonds. The van der Waals surface area contributed by atoms with Crippen molar-refractivity contribution in [1.82, 2.24) is 4.90 Å². The topological polar surface area (TPSA) is 49.5 Å². The number of hydrogen-bond donors (Lipinski definition) is 2. The first kappa shape index (κ1) is 13.9. The summed E-state index contributed by atoms with van der Waals surface area (Å²) in [5.41, 5.74) is 5.62. The monoisotopic (exact) mass is 244 g/mol. The second kappa shape index (κ2) is 5.43. The van der Waals surface area contributed by atoms with Gasteiger partial charge in [0.2, 0.25) is 0 Å². The fourth-order valence-corrected chi connectivity index (χ4v) is 1.98. The van der Waals surface area contributed by atoms with Crippen molar-refractivity contribution in [3.8, 4) is 0 Å². The van der Waals surface area contributed by atoms with Crippen molar-refractivity contribution in [3.63, 3.8) is 0 Å². The molecular weight excluding hydrogens is 220 g/mol. The molecule has 3 nitrogen and oxygen atoms in total. The summed E-state index contributed by atoms with van der Waals surface area (Å²) in [6.07, 6.45) is 1.86. The third kappa shape index (κ3) is 3.68. The Morgan fingerprint density at radius 1 is 1.56 bits per heavy atom. The van der Waals surface area contributed by atoms with Crippen LogP contribution in [0.5, 0.6) is 0 Å². The van der Waals surface area contributed by atoms with Gasteiger partial charge in [0.05, 0.1) is 11.1 Å². The molecule has 0 aromatic rings. The third-order valence-corrected chi connectivity index (χ3v) is 4.28. The van der Waals surface area contributed by atoms with E-state index < -0.39 is 0 Å². The first-order valence-electron chi connectivity index (χ1n) is 6.03. The Kier molecular flexibility index (Phi) is 4.71. The molecule has 0 aromatic carbocycles. The number of aliphatic hydroxyl groups excluding tert-OH is 1. The van der Waals surface area contributed by atoms with Crippen LogP contribution in [0.15, 0.2) is 0 Å². The molecule has 2 unspecified atom stereocenters. The zero-order chi connectivity index (χ0) is 12.3. The lowest BCUT2D eigenvalue weighted by atomic mass is 9.88. The maximum Gasteiger partial charge on any atom is 0.0784 e. The van der Waals surface area contributed by atoms with E-state index in [-0.39, 0.29) is 11.5 Å². The Bertz CT molecular complexity index is 255. The molecule has 2 atom stereocenters. The quantitative estimate of drug-likeness (QED) is 0.734. The first-order valence-corrected chi connectivity index (χ1v) is 6.44. The van der Waals surface area contributed by atoms with Crippen molar-refractivity contribution in [1.29, 1.82) is 0 Å². The summed E-state index contributed by atoms with van der Waals surface area (Å²) in [5.74, 6) is 0.430. The van der Waals surface area contributed by atoms with Crippen LogP contribution in [-0.4, -0.2) is 40.7 Å². The van der Waals surface area contributed by atoms with Gasteiger partial charge in [-0.2, -0.15) is 0 Å². The highest BCUT2D eigenvalue weighted by Crippen LogP contribution is 2.23. The van der Waals surface area contributed by atoms with Crippen molar-refractivity contribution in [2.75, 3.05) is 19.6 Å². The second-order valence-electron chi connectivity index (χ2n) is 5.63. The van der Waals surface area contributed by atoms with Crippen LogP contribution >= 0.6 is 12.2 Å². The summed E-state index contributed by atoms with van der Waals surface area (Å²) in [5, 5.41) is 9.79. The smallest absolute Gasteiger partial charge is 0.0784 e. The fourth-order valence-electron chi connectivity index (χ4n) is 1.88. The Balaban J connectivity index is 2.36. The van der Waals surface area contributed by atoms with E-state index in [0.29, 0.717) is 10.9 Å². The van der Waals surface area contributed by atoms with E-state index in [4.69, 9.17) is 18.0 Å². The first-order chi connectivity index (χ1) is 7.33. The molecule has 1 saturated heterocycles. The molecular formula is C12H24N2OS. The zero-order valence-electron chi connectivity index (χ0n) is 10.6. The normalized spacial score (nSPS) is 28.0. The van der Waals surface area contributed by atoms with Crippen LogP contribution in [0.1, 0.15) is 33.6 Å². The molecule has 0 bridgehead atoms. The summed E-state index contributed by atoms with van der Waals surface area (Å²) >= 11 is 5.05. The van der Waals surface area contributed by atoms with Gasteiger partial charge in [0.15, 0.2) is 0 Å². The van der Waals surface area contributed by atoms with E-state index >= 15 is 0 Å². The van der Waals surface area contributed by atoms with Gasteiger partial charge in [-0.05, 0) is 31.8 Å². The molecule has 0 saturated carbocycles. The van der Waals surface area contributed by atoms with Crippen molar-refractivity contribution < 1.29 is 5.11 Å². The molecule has 1 aliphatic rings. The molecule has 0 aliphatic carbocycles. The SMILES string of the molecule is CC1CCN(CCC(C)(C)C(N)=S)CC1O. The Morgan fingerprint density at radius 2 is 2.19 bits per heavy atom. The molecule has 0 radical (unpaired) electrons. The molecule has 1 heterocycles. The molecule has 0 spiro atoms. The fraction of sp³-hybridized carbons (Fsp3) is 0.917. The van der Waals surface area contributed by atoms with Crippen LogP contribution in [0, 0.1) is 11.3 Å². The highest BCUT2D eigenvalue weighted by atomic mass is 32.1. The lowest BCUT2D eigenvalue weighted by molar-refractivity contribution is 0.0266. The summed E-state index contributed by atoms with van der Waals surface area (Å²) in [7, 11) is 0. The lowest BCUT2D eigenvalue weighted by Gasteiger charge is -2.36. The van der Waals surface area contributed by atoms with Gasteiger partial charge >= 0.3 is 0 Å². The van der Waals surface area contributed by atoms with Gasteiger partial charge in [0.25, 0.3) is 0 Å². The molecule has 1 aliphatic heterocycles. The number of nitrogens with zero attached hydrogens (tertiary/aromatic N) is 1. The van der Waals surface area contributed by atoms with Gasteiger partial charge in [-0.15, -0.1) is 0 Å². The Labute approximate surface area is 104 Å². The van der Waals surface area contributed by atoms with Crippen LogP contribution in [0.4, 0.5) is 0 Å². The molecule has 4 heteroatoms. The number of likely N-dealkylation sites (tertiary alicyclic amines) is 1. The maximum absolute atomic E-state index is 9.79. The highest BCUT2D eigenvalue weighted by molar-refractivity contribution is 7.80. The lowest BCUT2D eigenvalue weighted by Crippen LogP contribution is -2.44. The van der Waals surface area contributed by atoms with Crippen LogP contribution in [0.25, 0.3) is 0 Å². The van der Waals surface area contributed by atoms with Gasteiger partial charge in [-0.3, -0.25) is 0 Å². The van der Waals surface area contributed by atoms with Crippen molar-refractivity contribution in [3.05, 3.63) is 0 Å². The van der Waals surface area contributed by atoms with Gasteiger partial charge in [0.1, 0.15) is 0 Å². The van der Waals surface area contributed by atoms with Crippen LogP contribution < -0.4 is 5.73 Å². The van der Waals surface area contributed by atoms with Crippen LogP contribution in [0.2, 0.25) is 0 Å². The highest BCUT2D eigenvalue weighted by Gasteiger charge is 2.27. The largest absolute Gasteiger partial charge is 0.393 e. The van der Waals surface area contributed by atoms with Crippen molar-refractivity contribution in [2.45, 2.75) is 39.7 Å². The van der Waals surface area contributed by atoms with Gasteiger partial charge < -0.3 is 15.7 Å². The van der Waals surface area contributed by atoms with Crippen LogP contribution in [-0.2, 0) is 0 Å². The summed E-state index contributed by atoms with van der Waals surface area (Å²) < 4.78 is 0. The number of rotatable bonds is 4. The average molecular weight is 244 g/mol. The van der Waals surface area contributed by atoms with Gasteiger partial charge in [0, 0.05) is 12.0 Å². The predicted molar refractivity (Wildman–Crippen MR) is 71.4 cm³/mol. The number of thiocarbonyl (C=S) groups is 1. The van der Waals surface area contributed by atoms with Gasteiger partial charge in [-0.25, -0.2) is 0 Å². The minimum atomic E-state index is -0.179. The Morgan fingerprint density at radius 3 is 2.69 bits per heavy atom. The number of piperidine rings is 1. The number of hydrogen-bond acceptors (Lipinski definition) is 3. The summed E-state index contributed by atoms with van der Waals surface area (Å²) in [6, 6.07) is 0. The van der Waals surface area contributed by atoms with Crippen LogP contribution in [0.3, 0.4) is 0 Å². The molecule has 1 fully saturated rings. The molecule has 0 aromatic heterocycles. The van der Waals surface area contributed by atoms with E-state index in [0.717, 1.165) is 32.5 Å². The van der Waals surface area contributed by atoms with E-state index in [1.54, 1.807) is 0 Å². The Hall–Kier alpha value is -0.190. The van der Waals surface area contributed by atoms with Crippen molar-refractivity contribution >= 4 is 17.2 Å². The van der Waals surface area contributed by atoms with Crippen molar-refractivity contribution in [2.24, 2.45) is 17.1 Å². The zero-order valence-corrected chi connectivity index (χ0v) is 11.4. The van der Waals surface area contributed by atoms with E-state index in [9.17, 15) is 5.11 Å². The number of β-amino-alcohol motifs (C(OH)–C–C–N with tert-alkyl or cyclic N) is 1.